The van der Waals surface area contributed by atoms with E-state index in [-0.39, 0.29) is 0 Å². The molecule has 0 heterocycles. The average molecular weight is 268 g/mol. The summed E-state index contributed by atoms with van der Waals surface area (Å²) in [5.41, 5.74) is 0. The summed E-state index contributed by atoms with van der Waals surface area (Å²) < 4.78 is 0. The number of hydrogen-bond acceptors (Lipinski definition) is 2. The Balaban J connectivity index is 2.07. The summed E-state index contributed by atoms with van der Waals surface area (Å²) in [5, 5.41) is 3.50. The minimum atomic E-state index is 0.613. The van der Waals surface area contributed by atoms with Gasteiger partial charge >= 0.3 is 0 Å². The number of rotatable bonds is 9. The van der Waals surface area contributed by atoms with Crippen molar-refractivity contribution in [1.29, 1.82) is 0 Å². The summed E-state index contributed by atoms with van der Waals surface area (Å²) in [6, 6.07) is 0.613. The lowest BCUT2D eigenvalue weighted by Gasteiger charge is -2.31. The lowest BCUT2D eigenvalue weighted by Crippen LogP contribution is -2.36. The number of nitrogens with zero attached hydrogens (tertiary/aromatic N) is 1. The molecule has 0 atom stereocenters. The van der Waals surface area contributed by atoms with Crippen LogP contribution < -0.4 is 5.32 Å². The number of likely N-dealkylation sites (N-methyl/N-ethyl adjacent to an activating group) is 1. The van der Waals surface area contributed by atoms with Gasteiger partial charge in [-0.1, -0.05) is 52.9 Å². The Morgan fingerprint density at radius 3 is 2.32 bits per heavy atom. The predicted molar refractivity (Wildman–Crippen MR) is 85.6 cm³/mol. The monoisotopic (exact) mass is 268 g/mol. The second-order valence-electron chi connectivity index (χ2n) is 6.90. The molecule has 19 heavy (non-hydrogen) atoms. The minimum absolute atomic E-state index is 0.613. The fourth-order valence-electron chi connectivity index (χ4n) is 3.27. The second kappa shape index (κ2) is 9.77. The molecular formula is C17H36N2. The van der Waals surface area contributed by atoms with Gasteiger partial charge < -0.3 is 10.2 Å². The normalized spacial score (nSPS) is 24.3. The van der Waals surface area contributed by atoms with E-state index < -0.39 is 0 Å². The topological polar surface area (TPSA) is 15.3 Å². The zero-order valence-corrected chi connectivity index (χ0v) is 13.8. The van der Waals surface area contributed by atoms with Crippen LogP contribution >= 0.6 is 0 Å². The predicted octanol–water partition coefficient (Wildman–Crippen LogP) is 3.91. The van der Waals surface area contributed by atoms with Gasteiger partial charge in [0.15, 0.2) is 0 Å². The molecule has 1 aliphatic carbocycles. The maximum Gasteiger partial charge on any atom is 0.0104 e. The number of nitrogens with one attached hydrogen (secondary N) is 1. The van der Waals surface area contributed by atoms with Gasteiger partial charge in [-0.05, 0) is 31.7 Å². The summed E-state index contributed by atoms with van der Waals surface area (Å²) in [6.45, 7) is 10.4. The van der Waals surface area contributed by atoms with Crippen molar-refractivity contribution in [3.8, 4) is 0 Å². The Bertz CT molecular complexity index is 207. The van der Waals surface area contributed by atoms with E-state index in [1.54, 1.807) is 0 Å². The first-order chi connectivity index (χ1) is 9.11. The van der Waals surface area contributed by atoms with Gasteiger partial charge in [0.2, 0.25) is 0 Å². The molecule has 1 fully saturated rings. The van der Waals surface area contributed by atoms with Gasteiger partial charge in [-0.15, -0.1) is 0 Å². The SMILES string of the molecule is CCCCC1CCC(CN(C)CCNC(C)C)CC1. The molecule has 0 spiro atoms. The first kappa shape index (κ1) is 17.0. The Kier molecular flexibility index (Phi) is 8.72. The molecule has 1 aliphatic rings. The molecule has 114 valence electrons. The van der Waals surface area contributed by atoms with Crippen LogP contribution in [0.25, 0.3) is 0 Å². The molecule has 2 nitrogen and oxygen atoms in total. The minimum Gasteiger partial charge on any atom is -0.313 e. The van der Waals surface area contributed by atoms with E-state index in [9.17, 15) is 0 Å². The van der Waals surface area contributed by atoms with E-state index in [4.69, 9.17) is 0 Å². The Labute approximate surface area is 121 Å². The van der Waals surface area contributed by atoms with Crippen LogP contribution in [0.4, 0.5) is 0 Å². The molecule has 1 saturated carbocycles. The zero-order chi connectivity index (χ0) is 14.1. The summed E-state index contributed by atoms with van der Waals surface area (Å²) in [4.78, 5) is 2.52. The smallest absolute Gasteiger partial charge is 0.0104 e. The Morgan fingerprint density at radius 1 is 1.11 bits per heavy atom. The molecule has 1 rings (SSSR count). The van der Waals surface area contributed by atoms with Crippen molar-refractivity contribution in [2.75, 3.05) is 26.7 Å². The molecule has 0 unspecified atom stereocenters. The van der Waals surface area contributed by atoms with Crippen LogP contribution in [-0.2, 0) is 0 Å². The summed E-state index contributed by atoms with van der Waals surface area (Å²) in [7, 11) is 2.28. The molecule has 0 bridgehead atoms. The third-order valence-corrected chi connectivity index (χ3v) is 4.55. The number of unbranched alkanes of at least 4 members (excludes halogenated alkanes) is 1. The summed E-state index contributed by atoms with van der Waals surface area (Å²) in [5.74, 6) is 2.01. The van der Waals surface area contributed by atoms with Gasteiger partial charge in [-0.3, -0.25) is 0 Å². The van der Waals surface area contributed by atoms with Crippen molar-refractivity contribution < 1.29 is 0 Å². The van der Waals surface area contributed by atoms with Gasteiger partial charge in [0.05, 0.1) is 0 Å². The molecule has 0 saturated heterocycles. The molecule has 0 aromatic heterocycles. The van der Waals surface area contributed by atoms with Crippen molar-refractivity contribution in [2.45, 2.75) is 71.8 Å². The van der Waals surface area contributed by atoms with Crippen molar-refractivity contribution >= 4 is 0 Å². The van der Waals surface area contributed by atoms with Crippen LogP contribution in [-0.4, -0.2) is 37.6 Å². The van der Waals surface area contributed by atoms with E-state index in [0.717, 1.165) is 18.4 Å². The van der Waals surface area contributed by atoms with Crippen molar-refractivity contribution in [3.63, 3.8) is 0 Å². The zero-order valence-electron chi connectivity index (χ0n) is 13.8. The number of hydrogen-bond donors (Lipinski definition) is 1. The highest BCUT2D eigenvalue weighted by Crippen LogP contribution is 2.32. The van der Waals surface area contributed by atoms with Gasteiger partial charge in [0.1, 0.15) is 0 Å². The van der Waals surface area contributed by atoms with E-state index in [1.807, 2.05) is 0 Å². The molecular weight excluding hydrogens is 232 g/mol. The third-order valence-electron chi connectivity index (χ3n) is 4.55. The summed E-state index contributed by atoms with van der Waals surface area (Å²) in [6.07, 6.45) is 10.2. The first-order valence-corrected chi connectivity index (χ1v) is 8.53. The van der Waals surface area contributed by atoms with Gasteiger partial charge in [0.25, 0.3) is 0 Å². The largest absolute Gasteiger partial charge is 0.313 e. The molecule has 2 heteroatoms. The summed E-state index contributed by atoms with van der Waals surface area (Å²) >= 11 is 0. The van der Waals surface area contributed by atoms with E-state index >= 15 is 0 Å². The van der Waals surface area contributed by atoms with Gasteiger partial charge in [-0.25, -0.2) is 0 Å². The van der Waals surface area contributed by atoms with E-state index in [2.05, 4.69) is 38.0 Å². The molecule has 0 aromatic rings. The van der Waals surface area contributed by atoms with Crippen LogP contribution in [0.3, 0.4) is 0 Å². The maximum absolute atomic E-state index is 3.50. The van der Waals surface area contributed by atoms with Crippen LogP contribution in [0.1, 0.15) is 65.7 Å². The van der Waals surface area contributed by atoms with Crippen molar-refractivity contribution in [3.05, 3.63) is 0 Å². The lowest BCUT2D eigenvalue weighted by molar-refractivity contribution is 0.197. The fraction of sp³-hybridized carbons (Fsp3) is 1.00. The lowest BCUT2D eigenvalue weighted by atomic mass is 9.79. The van der Waals surface area contributed by atoms with Crippen molar-refractivity contribution in [1.82, 2.24) is 10.2 Å². The second-order valence-corrected chi connectivity index (χ2v) is 6.90. The molecule has 0 aromatic carbocycles. The van der Waals surface area contributed by atoms with Crippen LogP contribution in [0.5, 0.6) is 0 Å². The maximum atomic E-state index is 3.50. The third kappa shape index (κ3) is 7.94. The van der Waals surface area contributed by atoms with Crippen LogP contribution in [0.15, 0.2) is 0 Å². The Morgan fingerprint density at radius 2 is 1.74 bits per heavy atom. The quantitative estimate of drug-likeness (QED) is 0.682. The van der Waals surface area contributed by atoms with Crippen LogP contribution in [0, 0.1) is 11.8 Å². The fourth-order valence-corrected chi connectivity index (χ4v) is 3.27. The molecule has 0 amide bonds. The highest BCUT2D eigenvalue weighted by molar-refractivity contribution is 4.75. The van der Waals surface area contributed by atoms with Gasteiger partial charge in [-0.2, -0.15) is 0 Å². The molecule has 0 radical (unpaired) electrons. The van der Waals surface area contributed by atoms with Crippen LogP contribution in [0.2, 0.25) is 0 Å². The first-order valence-electron chi connectivity index (χ1n) is 8.53. The average Bonchev–Trinajstić information content (AvgIpc) is 2.37. The highest BCUT2D eigenvalue weighted by Gasteiger charge is 2.21. The standard InChI is InChI=1S/C17H36N2/c1-5-6-7-16-8-10-17(11-9-16)14-19(4)13-12-18-15(2)3/h15-18H,5-14H2,1-4H3. The highest BCUT2D eigenvalue weighted by atomic mass is 15.1. The Hall–Kier alpha value is -0.0800. The van der Waals surface area contributed by atoms with Crippen molar-refractivity contribution in [2.24, 2.45) is 11.8 Å². The van der Waals surface area contributed by atoms with Gasteiger partial charge in [0, 0.05) is 25.7 Å². The molecule has 0 aliphatic heterocycles. The van der Waals surface area contributed by atoms with E-state index in [1.165, 1.54) is 58.0 Å². The van der Waals surface area contributed by atoms with E-state index in [0.29, 0.717) is 6.04 Å². The molecule has 1 N–H and O–H groups in total.